The minimum Gasteiger partial charge on any atom is -0.310 e. The Morgan fingerprint density at radius 3 is 2.96 bits per heavy atom. The number of rotatable bonds is 2. The zero-order valence-corrected chi connectivity index (χ0v) is 17.2. The van der Waals surface area contributed by atoms with Gasteiger partial charge in [-0.15, -0.1) is 11.8 Å². The minimum atomic E-state index is -0.208. The summed E-state index contributed by atoms with van der Waals surface area (Å²) in [6.07, 6.45) is 2.36. The monoisotopic (exact) mass is 443 g/mol. The van der Waals surface area contributed by atoms with Gasteiger partial charge in [-0.2, -0.15) is 0 Å². The molecule has 0 N–H and O–H groups in total. The molecule has 1 unspecified atom stereocenters. The van der Waals surface area contributed by atoms with E-state index in [1.165, 1.54) is 10.9 Å². The molecular formula is C20H18BrN3O2S. The van der Waals surface area contributed by atoms with Gasteiger partial charge in [-0.3, -0.25) is 14.2 Å². The number of hydrogen-bond acceptors (Lipinski definition) is 4. The number of benzene rings is 2. The van der Waals surface area contributed by atoms with Crippen molar-refractivity contribution in [1.29, 1.82) is 0 Å². The van der Waals surface area contributed by atoms with E-state index >= 15 is 0 Å². The number of anilines is 1. The Balaban J connectivity index is 1.67. The molecule has 0 bridgehead atoms. The van der Waals surface area contributed by atoms with Crippen LogP contribution in [0.1, 0.15) is 13.3 Å². The van der Waals surface area contributed by atoms with E-state index in [1.807, 2.05) is 30.3 Å². The number of carbonyl (C=O) groups is 1. The van der Waals surface area contributed by atoms with Gasteiger partial charge >= 0.3 is 0 Å². The van der Waals surface area contributed by atoms with E-state index in [2.05, 4.69) is 27.8 Å². The Labute approximate surface area is 169 Å². The number of para-hydroxylation sites is 1. The van der Waals surface area contributed by atoms with Crippen molar-refractivity contribution in [2.45, 2.75) is 30.0 Å². The van der Waals surface area contributed by atoms with Gasteiger partial charge in [0.05, 0.1) is 22.9 Å². The molecule has 1 aliphatic heterocycles. The summed E-state index contributed by atoms with van der Waals surface area (Å²) in [5, 5.41) is 0.937. The standard InChI is InChI=1S/C20H18BrN3O2S/c1-13-8-9-24(17-4-2-3-5-18(17)27-13)19(25)11-23-12-22-16-7-6-14(21)10-15(16)20(23)26/h2-7,10,12-13H,8-9,11H2,1H3. The van der Waals surface area contributed by atoms with Gasteiger partial charge in [-0.05, 0) is 36.8 Å². The maximum Gasteiger partial charge on any atom is 0.261 e. The van der Waals surface area contributed by atoms with Crippen LogP contribution in [0.4, 0.5) is 5.69 Å². The minimum absolute atomic E-state index is 0.0261. The normalized spacial score (nSPS) is 16.8. The van der Waals surface area contributed by atoms with Crippen molar-refractivity contribution in [2.24, 2.45) is 0 Å². The van der Waals surface area contributed by atoms with Crippen molar-refractivity contribution in [3.8, 4) is 0 Å². The van der Waals surface area contributed by atoms with Gasteiger partial charge in [0, 0.05) is 21.2 Å². The first-order chi connectivity index (χ1) is 13.0. The van der Waals surface area contributed by atoms with Crippen LogP contribution in [0, 0.1) is 0 Å². The molecule has 0 saturated carbocycles. The molecule has 5 nitrogen and oxygen atoms in total. The third-order valence-electron chi connectivity index (χ3n) is 4.64. The van der Waals surface area contributed by atoms with Gasteiger partial charge in [0.2, 0.25) is 5.91 Å². The molecule has 27 heavy (non-hydrogen) atoms. The Kier molecular flexibility index (Phi) is 5.06. The number of thioether (sulfide) groups is 1. The zero-order chi connectivity index (χ0) is 19.0. The topological polar surface area (TPSA) is 55.2 Å². The first-order valence-corrected chi connectivity index (χ1v) is 10.4. The second-order valence-corrected chi connectivity index (χ2v) is 8.97. The van der Waals surface area contributed by atoms with Crippen molar-refractivity contribution in [3.05, 3.63) is 63.6 Å². The smallest absolute Gasteiger partial charge is 0.261 e. The molecule has 0 radical (unpaired) electrons. The van der Waals surface area contributed by atoms with E-state index < -0.39 is 0 Å². The molecule has 138 valence electrons. The molecule has 7 heteroatoms. The van der Waals surface area contributed by atoms with Crippen LogP contribution in [-0.4, -0.2) is 27.3 Å². The Morgan fingerprint density at radius 2 is 2.11 bits per heavy atom. The van der Waals surface area contributed by atoms with Gasteiger partial charge in [0.25, 0.3) is 5.56 Å². The van der Waals surface area contributed by atoms with Gasteiger partial charge in [-0.1, -0.05) is 35.0 Å². The van der Waals surface area contributed by atoms with Gasteiger partial charge in [-0.25, -0.2) is 4.98 Å². The van der Waals surface area contributed by atoms with E-state index in [9.17, 15) is 9.59 Å². The number of fused-ring (bicyclic) bond motifs is 2. The Morgan fingerprint density at radius 1 is 1.30 bits per heavy atom. The number of amides is 1. The average Bonchev–Trinajstić information content (AvgIpc) is 2.82. The maximum atomic E-state index is 13.1. The van der Waals surface area contributed by atoms with E-state index in [1.54, 1.807) is 28.8 Å². The third-order valence-corrected chi connectivity index (χ3v) is 6.37. The molecule has 0 spiro atoms. The lowest BCUT2D eigenvalue weighted by Gasteiger charge is -2.23. The summed E-state index contributed by atoms with van der Waals surface area (Å²) in [6, 6.07) is 13.3. The number of hydrogen-bond donors (Lipinski definition) is 0. The van der Waals surface area contributed by atoms with Crippen LogP contribution < -0.4 is 10.5 Å². The first kappa shape index (κ1) is 18.3. The summed E-state index contributed by atoms with van der Waals surface area (Å²) in [5.41, 5.74) is 1.33. The molecule has 1 aliphatic rings. The zero-order valence-electron chi connectivity index (χ0n) is 14.8. The molecule has 2 heterocycles. The van der Waals surface area contributed by atoms with Crippen molar-refractivity contribution >= 4 is 50.2 Å². The summed E-state index contributed by atoms with van der Waals surface area (Å²) >= 11 is 5.17. The van der Waals surface area contributed by atoms with E-state index in [4.69, 9.17) is 0 Å². The highest BCUT2D eigenvalue weighted by atomic mass is 79.9. The highest BCUT2D eigenvalue weighted by Crippen LogP contribution is 2.37. The fourth-order valence-electron chi connectivity index (χ4n) is 3.22. The van der Waals surface area contributed by atoms with Crippen molar-refractivity contribution < 1.29 is 4.79 Å². The van der Waals surface area contributed by atoms with Crippen LogP contribution in [0.2, 0.25) is 0 Å². The second kappa shape index (κ2) is 7.48. The molecular weight excluding hydrogens is 426 g/mol. The summed E-state index contributed by atoms with van der Waals surface area (Å²) in [5.74, 6) is -0.101. The van der Waals surface area contributed by atoms with Gasteiger partial charge in [0.15, 0.2) is 0 Å². The SMILES string of the molecule is CC1CCN(C(=O)Cn2cnc3ccc(Br)cc3c2=O)c2ccccc2S1. The highest BCUT2D eigenvalue weighted by Gasteiger charge is 2.24. The van der Waals surface area contributed by atoms with Crippen LogP contribution in [0.5, 0.6) is 0 Å². The number of aromatic nitrogens is 2. The van der Waals surface area contributed by atoms with Crippen LogP contribution in [-0.2, 0) is 11.3 Å². The molecule has 1 amide bonds. The van der Waals surface area contributed by atoms with E-state index in [-0.39, 0.29) is 18.0 Å². The van der Waals surface area contributed by atoms with Crippen LogP contribution >= 0.6 is 27.7 Å². The molecule has 0 aliphatic carbocycles. The van der Waals surface area contributed by atoms with Crippen molar-refractivity contribution in [2.75, 3.05) is 11.4 Å². The fourth-order valence-corrected chi connectivity index (χ4v) is 4.69. The fraction of sp³-hybridized carbons (Fsp3) is 0.250. The predicted octanol–water partition coefficient (Wildman–Crippen LogP) is 4.08. The predicted molar refractivity (Wildman–Crippen MR) is 112 cm³/mol. The first-order valence-electron chi connectivity index (χ1n) is 8.73. The van der Waals surface area contributed by atoms with Crippen LogP contribution in [0.25, 0.3) is 10.9 Å². The molecule has 1 atom stereocenters. The molecule has 3 aromatic rings. The van der Waals surface area contributed by atoms with Gasteiger partial charge in [0.1, 0.15) is 6.54 Å². The third kappa shape index (κ3) is 3.66. The number of carbonyl (C=O) groups excluding carboxylic acids is 1. The lowest BCUT2D eigenvalue weighted by molar-refractivity contribution is -0.119. The lowest BCUT2D eigenvalue weighted by atomic mass is 10.2. The Hall–Kier alpha value is -2.12. The lowest BCUT2D eigenvalue weighted by Crippen LogP contribution is -2.37. The molecule has 0 saturated heterocycles. The second-order valence-electron chi connectivity index (χ2n) is 6.57. The van der Waals surface area contributed by atoms with Crippen LogP contribution in [0.15, 0.2) is 63.0 Å². The Bertz CT molecular complexity index is 1080. The van der Waals surface area contributed by atoms with E-state index in [0.29, 0.717) is 22.7 Å². The molecule has 1 aromatic heterocycles. The summed E-state index contributed by atoms with van der Waals surface area (Å²) < 4.78 is 2.20. The molecule has 0 fully saturated rings. The summed E-state index contributed by atoms with van der Waals surface area (Å²) in [6.45, 7) is 2.79. The maximum absolute atomic E-state index is 13.1. The molecule has 2 aromatic carbocycles. The van der Waals surface area contributed by atoms with Crippen molar-refractivity contribution in [1.82, 2.24) is 9.55 Å². The average molecular weight is 444 g/mol. The summed E-state index contributed by atoms with van der Waals surface area (Å²) in [7, 11) is 0. The number of nitrogens with zero attached hydrogens (tertiary/aromatic N) is 3. The highest BCUT2D eigenvalue weighted by molar-refractivity contribution is 9.10. The van der Waals surface area contributed by atoms with Gasteiger partial charge < -0.3 is 4.90 Å². The quantitative estimate of drug-likeness (QED) is 0.598. The molecule has 4 rings (SSSR count). The largest absolute Gasteiger partial charge is 0.310 e. The van der Waals surface area contributed by atoms with Crippen LogP contribution in [0.3, 0.4) is 0 Å². The summed E-state index contributed by atoms with van der Waals surface area (Å²) in [4.78, 5) is 33.1. The number of halogens is 1. The van der Waals surface area contributed by atoms with E-state index in [0.717, 1.165) is 21.5 Å². The van der Waals surface area contributed by atoms with Crippen molar-refractivity contribution in [3.63, 3.8) is 0 Å².